The average Bonchev–Trinajstić information content (AvgIpc) is 3.03. The fourth-order valence-corrected chi connectivity index (χ4v) is 1.61. The van der Waals surface area contributed by atoms with Gasteiger partial charge in [0.15, 0.2) is 0 Å². The molecule has 1 aromatic rings. The number of rotatable bonds is 4. The Bertz CT molecular complexity index is 290. The zero-order valence-corrected chi connectivity index (χ0v) is 22.0. The number of hydrogen-bond donors (Lipinski definition) is 0. The van der Waals surface area contributed by atoms with Crippen molar-refractivity contribution in [1.82, 2.24) is 0 Å². The van der Waals surface area contributed by atoms with Gasteiger partial charge in [0, 0.05) is 0 Å². The van der Waals surface area contributed by atoms with E-state index < -0.39 is 15.3 Å². The molecule has 0 unspecified atom stereocenters. The van der Waals surface area contributed by atoms with Crippen molar-refractivity contribution in [2.24, 2.45) is 17.8 Å². The number of hydrogen-bond acceptors (Lipinski definition) is 0. The van der Waals surface area contributed by atoms with Crippen LogP contribution < -0.4 is 4.40 Å². The summed E-state index contributed by atoms with van der Waals surface area (Å²) in [4.78, 5) is 0. The molecular weight excluding hydrogens is 535 g/mol. The van der Waals surface area contributed by atoms with Crippen LogP contribution in [0.1, 0.15) is 41.5 Å². The molecule has 0 saturated heterocycles. The molecule has 140 valence electrons. The van der Waals surface area contributed by atoms with Gasteiger partial charge in [-0.15, -0.1) is 19.6 Å². The Morgan fingerprint density at radius 3 is 1.04 bits per heavy atom. The molecule has 1 aromatic carbocycles. The second-order valence-corrected chi connectivity index (χ2v) is 8.97. The third-order valence-corrected chi connectivity index (χ3v) is 4.03. The van der Waals surface area contributed by atoms with Crippen LogP contribution in [0, 0.1) is 17.8 Å². The smallest absolute Gasteiger partial charge is 4.00 e. The summed E-state index contributed by atoms with van der Waals surface area (Å²) >= 11 is -3.89. The van der Waals surface area contributed by atoms with Crippen molar-refractivity contribution in [3.8, 4) is 0 Å². The first-order valence-electron chi connectivity index (χ1n) is 8.05. The topological polar surface area (TPSA) is 71.4 Å². The van der Waals surface area contributed by atoms with Gasteiger partial charge in [-0.3, -0.25) is 0 Å². The van der Waals surface area contributed by atoms with Gasteiger partial charge in [0.25, 0.3) is 0 Å². The molecule has 0 aliphatic carbocycles. The Hall–Kier alpha value is 0.503. The molecule has 0 bridgehead atoms. The van der Waals surface area contributed by atoms with Gasteiger partial charge in [0.2, 0.25) is 0 Å². The average molecular weight is 571 g/mol. The Morgan fingerprint density at radius 2 is 0.958 bits per heavy atom. The minimum Gasteiger partial charge on any atom is 4.00 e. The standard InChI is InChI=1S/C5H5F2Ge.3C4H10N.Hf/c6-8(7)5-3-1-2-4-5;3*1-4(2)3-5;/h1-4,8H;3*4-5H,3H2,1-2H3;/q4*-1;+4. The third-order valence-electron chi connectivity index (χ3n) is 2.17. The first kappa shape index (κ1) is 32.2. The van der Waals surface area contributed by atoms with E-state index >= 15 is 0 Å². The van der Waals surface area contributed by atoms with E-state index in [0.717, 1.165) is 0 Å². The molecule has 0 spiro atoms. The second kappa shape index (κ2) is 23.5. The molecule has 3 N–H and O–H groups in total. The maximum Gasteiger partial charge on any atom is 4.00 e. The number of nitrogens with one attached hydrogen (secondary N) is 3. The van der Waals surface area contributed by atoms with Gasteiger partial charge < -0.3 is 17.2 Å². The van der Waals surface area contributed by atoms with Crippen molar-refractivity contribution in [3.05, 3.63) is 41.5 Å². The van der Waals surface area contributed by atoms with Crippen LogP contribution >= 0.6 is 0 Å². The summed E-state index contributed by atoms with van der Waals surface area (Å²) in [6.07, 6.45) is 0. The molecule has 1 rings (SSSR count). The van der Waals surface area contributed by atoms with Gasteiger partial charge in [-0.1, -0.05) is 59.3 Å². The van der Waals surface area contributed by atoms with Crippen molar-refractivity contribution in [2.75, 3.05) is 19.6 Å². The van der Waals surface area contributed by atoms with Crippen molar-refractivity contribution < 1.29 is 32.8 Å². The maximum absolute atomic E-state index is 11.8. The summed E-state index contributed by atoms with van der Waals surface area (Å²) in [6.45, 7) is 13.9. The van der Waals surface area contributed by atoms with E-state index in [9.17, 15) is 7.00 Å². The Morgan fingerprint density at radius 1 is 0.750 bits per heavy atom. The van der Waals surface area contributed by atoms with E-state index in [-0.39, 0.29) is 30.2 Å². The molecule has 0 aliphatic rings. The van der Waals surface area contributed by atoms with Crippen molar-refractivity contribution in [3.63, 3.8) is 0 Å². The van der Waals surface area contributed by atoms with Crippen LogP contribution in [0.5, 0.6) is 0 Å². The largest absolute Gasteiger partial charge is 4.00 e. The van der Waals surface area contributed by atoms with E-state index in [0.29, 0.717) is 37.4 Å². The summed E-state index contributed by atoms with van der Waals surface area (Å²) in [5.74, 6) is 1.65. The summed E-state index contributed by atoms with van der Waals surface area (Å²) in [7, 11) is 0. The zero-order valence-electron chi connectivity index (χ0n) is 16.0. The molecule has 3 nitrogen and oxygen atoms in total. The van der Waals surface area contributed by atoms with E-state index in [2.05, 4.69) is 0 Å². The van der Waals surface area contributed by atoms with Gasteiger partial charge in [-0.25, -0.2) is 0 Å². The molecular formula is C17H35F2GeHfN3. The van der Waals surface area contributed by atoms with Crippen LogP contribution in [-0.4, -0.2) is 34.9 Å². The van der Waals surface area contributed by atoms with Gasteiger partial charge in [0.1, 0.15) is 0 Å². The molecule has 0 heterocycles. The van der Waals surface area contributed by atoms with Crippen LogP contribution in [0.4, 0.5) is 7.00 Å². The second-order valence-electron chi connectivity index (χ2n) is 6.31. The minimum absolute atomic E-state index is 0. The summed E-state index contributed by atoms with van der Waals surface area (Å²) in [5.41, 5.74) is 20.0. The molecule has 7 heteroatoms. The molecule has 24 heavy (non-hydrogen) atoms. The van der Waals surface area contributed by atoms with Crippen LogP contribution in [0.15, 0.2) is 24.3 Å². The molecule has 0 atom stereocenters. The molecule has 0 radical (unpaired) electrons. The Balaban J connectivity index is -0.000000113. The summed E-state index contributed by atoms with van der Waals surface area (Å²) in [5, 5.41) is 0. The third kappa shape index (κ3) is 34.0. The van der Waals surface area contributed by atoms with Crippen LogP contribution in [0.2, 0.25) is 0 Å². The van der Waals surface area contributed by atoms with Crippen LogP contribution in [0.3, 0.4) is 0 Å². The van der Waals surface area contributed by atoms with Crippen LogP contribution in [-0.2, 0) is 25.8 Å². The quantitative estimate of drug-likeness (QED) is 0.322. The molecule has 0 aliphatic heterocycles. The van der Waals surface area contributed by atoms with E-state index in [1.54, 1.807) is 12.1 Å². The fraction of sp³-hybridized carbons (Fsp3) is 0.706. The monoisotopic (exact) mass is 573 g/mol. The first-order chi connectivity index (χ1) is 10.6. The fourth-order valence-electron chi connectivity index (χ4n) is 0.534. The van der Waals surface area contributed by atoms with Crippen LogP contribution in [0.25, 0.3) is 17.2 Å². The maximum atomic E-state index is 11.8. The first-order valence-corrected chi connectivity index (χ1v) is 11.1. The molecule has 0 fully saturated rings. The normalized spacial score (nSPS) is 9.46. The van der Waals surface area contributed by atoms with Gasteiger partial charge >= 0.3 is 76.8 Å². The molecule has 0 aromatic heterocycles. The Kier molecular flexibility index (Phi) is 31.5. The van der Waals surface area contributed by atoms with E-state index in [1.807, 2.05) is 41.5 Å². The summed E-state index contributed by atoms with van der Waals surface area (Å²) < 4.78 is 23.9. The zero-order chi connectivity index (χ0) is 18.8. The van der Waals surface area contributed by atoms with E-state index in [1.165, 1.54) is 12.1 Å². The molecule has 0 saturated carbocycles. The SMILES string of the molecule is CC(C)C[NH-].CC(C)C[NH-].CC(C)C[NH-].[F][GeH]([F])[c-]1cccc1.[Hf+4]. The van der Waals surface area contributed by atoms with Gasteiger partial charge in [-0.2, -0.15) is 0 Å². The summed E-state index contributed by atoms with van der Waals surface area (Å²) in [6, 6.07) is 6.27. The Labute approximate surface area is 172 Å². The van der Waals surface area contributed by atoms with Crippen molar-refractivity contribution in [1.29, 1.82) is 0 Å². The predicted octanol–water partition coefficient (Wildman–Crippen LogP) is 5.85. The van der Waals surface area contributed by atoms with Crippen molar-refractivity contribution >= 4 is 19.7 Å². The van der Waals surface area contributed by atoms with E-state index in [4.69, 9.17) is 17.2 Å². The number of halogens is 2. The molecule has 0 amide bonds. The minimum atomic E-state index is -3.89. The predicted molar refractivity (Wildman–Crippen MR) is 103 cm³/mol. The van der Waals surface area contributed by atoms with Crippen molar-refractivity contribution in [2.45, 2.75) is 41.5 Å². The van der Waals surface area contributed by atoms with Gasteiger partial charge in [-0.05, 0) is 0 Å². The van der Waals surface area contributed by atoms with Gasteiger partial charge in [0.05, 0.1) is 0 Å².